The third-order valence-corrected chi connectivity index (χ3v) is 6.12. The number of nitrogens with two attached hydrogens (primary N) is 1. The molecule has 1 aromatic carbocycles. The molecule has 176 valence electrons. The summed E-state index contributed by atoms with van der Waals surface area (Å²) in [6.07, 6.45) is 4.84. The van der Waals surface area contributed by atoms with Gasteiger partial charge in [-0.15, -0.1) is 0 Å². The van der Waals surface area contributed by atoms with Gasteiger partial charge in [0, 0.05) is 19.0 Å². The Balaban J connectivity index is 1.48. The van der Waals surface area contributed by atoms with Gasteiger partial charge in [0.05, 0.1) is 13.2 Å². The van der Waals surface area contributed by atoms with Gasteiger partial charge in [-0.2, -0.15) is 9.97 Å². The number of piperidine rings is 1. The zero-order valence-electron chi connectivity index (χ0n) is 19.1. The SMILES string of the molecule is CCCCOc1nc(N)c2c(n1)N(Cc1cccc(CN3CCC(C=O)CC3)c1)CC(=O)N2. The van der Waals surface area contributed by atoms with Crippen LogP contribution in [0.25, 0.3) is 0 Å². The number of fused-ring (bicyclic) bond motifs is 1. The third-order valence-electron chi connectivity index (χ3n) is 6.12. The van der Waals surface area contributed by atoms with E-state index < -0.39 is 0 Å². The van der Waals surface area contributed by atoms with Gasteiger partial charge in [0.2, 0.25) is 5.91 Å². The molecule has 2 aliphatic rings. The summed E-state index contributed by atoms with van der Waals surface area (Å²) in [4.78, 5) is 36.4. The topological polar surface area (TPSA) is 114 Å². The number of ether oxygens (including phenoxy) is 1. The van der Waals surface area contributed by atoms with Crippen molar-refractivity contribution >= 4 is 29.5 Å². The summed E-state index contributed by atoms with van der Waals surface area (Å²) in [5.41, 5.74) is 8.84. The molecule has 0 bridgehead atoms. The number of anilines is 3. The van der Waals surface area contributed by atoms with Crippen molar-refractivity contribution in [3.63, 3.8) is 0 Å². The Morgan fingerprint density at radius 3 is 2.70 bits per heavy atom. The molecule has 0 unspecified atom stereocenters. The Morgan fingerprint density at radius 2 is 1.97 bits per heavy atom. The van der Waals surface area contributed by atoms with Crippen molar-refractivity contribution in [1.29, 1.82) is 0 Å². The third kappa shape index (κ3) is 5.78. The molecule has 0 atom stereocenters. The van der Waals surface area contributed by atoms with E-state index in [1.165, 1.54) is 5.56 Å². The van der Waals surface area contributed by atoms with Crippen LogP contribution < -0.4 is 20.7 Å². The molecule has 9 heteroatoms. The standard InChI is InChI=1S/C24H32N6O3/c1-2-3-11-33-24-27-22(25)21-23(28-24)30(15-20(32)26-21)14-19-6-4-5-18(12-19)13-29-9-7-17(16-31)8-10-29/h4-6,12,16-17H,2-3,7-11,13-15H2,1H3,(H,26,32)(H2,25,27,28). The first-order chi connectivity index (χ1) is 16.1. The smallest absolute Gasteiger partial charge is 0.320 e. The number of amides is 1. The van der Waals surface area contributed by atoms with E-state index in [1.54, 1.807) is 0 Å². The van der Waals surface area contributed by atoms with Crippen LogP contribution in [0, 0.1) is 5.92 Å². The first-order valence-electron chi connectivity index (χ1n) is 11.7. The molecule has 9 nitrogen and oxygen atoms in total. The Hall–Kier alpha value is -3.20. The second kappa shape index (κ2) is 10.6. The number of unbranched alkanes of at least 4 members (excludes halogenated alkanes) is 1. The maximum Gasteiger partial charge on any atom is 0.320 e. The van der Waals surface area contributed by atoms with Gasteiger partial charge in [-0.1, -0.05) is 37.6 Å². The van der Waals surface area contributed by atoms with E-state index in [2.05, 4.69) is 45.3 Å². The Kier molecular flexibility index (Phi) is 7.39. The van der Waals surface area contributed by atoms with Crippen molar-refractivity contribution < 1.29 is 14.3 Å². The summed E-state index contributed by atoms with van der Waals surface area (Å²) in [5.74, 6) is 0.835. The van der Waals surface area contributed by atoms with Gasteiger partial charge in [0.25, 0.3) is 0 Å². The lowest BCUT2D eigenvalue weighted by molar-refractivity contribution is -0.115. The monoisotopic (exact) mass is 452 g/mol. The van der Waals surface area contributed by atoms with Crippen LogP contribution in [-0.4, -0.2) is 53.3 Å². The minimum Gasteiger partial charge on any atom is -0.463 e. The zero-order valence-corrected chi connectivity index (χ0v) is 19.1. The van der Waals surface area contributed by atoms with Crippen LogP contribution in [0.1, 0.15) is 43.7 Å². The Bertz CT molecular complexity index is 990. The lowest BCUT2D eigenvalue weighted by atomic mass is 9.98. The maximum absolute atomic E-state index is 12.3. The van der Waals surface area contributed by atoms with Crippen LogP contribution in [-0.2, 0) is 22.7 Å². The molecular formula is C24H32N6O3. The van der Waals surface area contributed by atoms with Crippen LogP contribution in [0.2, 0.25) is 0 Å². The fourth-order valence-corrected chi connectivity index (χ4v) is 4.28. The highest BCUT2D eigenvalue weighted by atomic mass is 16.5. The van der Waals surface area contributed by atoms with Crippen molar-refractivity contribution in [2.24, 2.45) is 5.92 Å². The number of hydrogen-bond donors (Lipinski definition) is 2. The lowest BCUT2D eigenvalue weighted by Gasteiger charge is -2.31. The molecule has 2 aromatic rings. The van der Waals surface area contributed by atoms with E-state index in [1.807, 2.05) is 11.0 Å². The average molecular weight is 453 g/mol. The fourth-order valence-electron chi connectivity index (χ4n) is 4.28. The molecule has 0 saturated carbocycles. The molecule has 33 heavy (non-hydrogen) atoms. The van der Waals surface area contributed by atoms with Crippen molar-refractivity contribution in [2.75, 3.05) is 42.2 Å². The van der Waals surface area contributed by atoms with Crippen LogP contribution in [0.15, 0.2) is 24.3 Å². The largest absolute Gasteiger partial charge is 0.463 e. The summed E-state index contributed by atoms with van der Waals surface area (Å²) in [6, 6.07) is 8.61. The highest BCUT2D eigenvalue weighted by molar-refractivity contribution is 6.03. The van der Waals surface area contributed by atoms with Crippen molar-refractivity contribution in [3.05, 3.63) is 35.4 Å². The molecule has 0 radical (unpaired) electrons. The summed E-state index contributed by atoms with van der Waals surface area (Å²) < 4.78 is 5.67. The number of hydrogen-bond acceptors (Lipinski definition) is 8. The maximum atomic E-state index is 12.3. The first-order valence-corrected chi connectivity index (χ1v) is 11.7. The molecular weight excluding hydrogens is 420 g/mol. The molecule has 4 rings (SSSR count). The van der Waals surface area contributed by atoms with E-state index in [0.29, 0.717) is 24.7 Å². The number of nitrogens with one attached hydrogen (secondary N) is 1. The minimum atomic E-state index is -0.147. The number of aldehydes is 1. The Labute approximate surface area is 194 Å². The second-order valence-corrected chi connectivity index (χ2v) is 8.77. The number of nitrogen functional groups attached to an aromatic ring is 1. The molecule has 2 aliphatic heterocycles. The van der Waals surface area contributed by atoms with E-state index in [-0.39, 0.29) is 30.2 Å². The number of carbonyl (C=O) groups excluding carboxylic acids is 2. The molecule has 1 aromatic heterocycles. The quantitative estimate of drug-likeness (QED) is 0.441. The molecule has 3 N–H and O–H groups in total. The van der Waals surface area contributed by atoms with E-state index in [4.69, 9.17) is 10.5 Å². The highest BCUT2D eigenvalue weighted by Gasteiger charge is 2.27. The fraction of sp³-hybridized carbons (Fsp3) is 0.500. The van der Waals surface area contributed by atoms with Gasteiger partial charge in [-0.3, -0.25) is 9.69 Å². The summed E-state index contributed by atoms with van der Waals surface area (Å²) in [6.45, 7) is 6.03. The van der Waals surface area contributed by atoms with Gasteiger partial charge in [0.15, 0.2) is 11.6 Å². The Morgan fingerprint density at radius 1 is 1.21 bits per heavy atom. The number of carbonyl (C=O) groups is 2. The predicted molar refractivity (Wildman–Crippen MR) is 127 cm³/mol. The average Bonchev–Trinajstić information content (AvgIpc) is 2.81. The van der Waals surface area contributed by atoms with Crippen molar-refractivity contribution in [2.45, 2.75) is 45.7 Å². The highest BCUT2D eigenvalue weighted by Crippen LogP contribution is 2.34. The number of nitrogens with zero attached hydrogens (tertiary/aromatic N) is 4. The van der Waals surface area contributed by atoms with E-state index in [9.17, 15) is 9.59 Å². The summed E-state index contributed by atoms with van der Waals surface area (Å²) in [7, 11) is 0. The van der Waals surface area contributed by atoms with Crippen LogP contribution in [0.4, 0.5) is 17.3 Å². The minimum absolute atomic E-state index is 0.147. The number of rotatable bonds is 9. The lowest BCUT2D eigenvalue weighted by Crippen LogP contribution is -2.39. The van der Waals surface area contributed by atoms with E-state index >= 15 is 0 Å². The normalized spacial score (nSPS) is 16.9. The van der Waals surface area contributed by atoms with Gasteiger partial charge in [-0.05, 0) is 43.5 Å². The summed E-state index contributed by atoms with van der Waals surface area (Å²) in [5, 5.41) is 2.79. The molecule has 0 spiro atoms. The molecule has 0 aliphatic carbocycles. The molecule has 1 amide bonds. The summed E-state index contributed by atoms with van der Waals surface area (Å²) >= 11 is 0. The number of aromatic nitrogens is 2. The zero-order chi connectivity index (χ0) is 23.2. The predicted octanol–water partition coefficient (Wildman–Crippen LogP) is 2.61. The number of benzene rings is 1. The van der Waals surface area contributed by atoms with Gasteiger partial charge < -0.3 is 25.5 Å². The van der Waals surface area contributed by atoms with Crippen LogP contribution >= 0.6 is 0 Å². The van der Waals surface area contributed by atoms with E-state index in [0.717, 1.165) is 57.2 Å². The molecule has 1 saturated heterocycles. The molecule has 3 heterocycles. The molecule has 1 fully saturated rings. The first kappa shape index (κ1) is 23.0. The van der Waals surface area contributed by atoms with Crippen LogP contribution in [0.3, 0.4) is 0 Å². The van der Waals surface area contributed by atoms with Crippen molar-refractivity contribution in [1.82, 2.24) is 14.9 Å². The van der Waals surface area contributed by atoms with Crippen LogP contribution in [0.5, 0.6) is 6.01 Å². The number of likely N-dealkylation sites (tertiary alicyclic amines) is 1. The van der Waals surface area contributed by atoms with Crippen molar-refractivity contribution in [3.8, 4) is 6.01 Å². The second-order valence-electron chi connectivity index (χ2n) is 8.77. The van der Waals surface area contributed by atoms with Gasteiger partial charge in [0.1, 0.15) is 12.0 Å². The van der Waals surface area contributed by atoms with Gasteiger partial charge in [-0.25, -0.2) is 0 Å². The van der Waals surface area contributed by atoms with Gasteiger partial charge >= 0.3 is 6.01 Å².